The van der Waals surface area contributed by atoms with E-state index < -0.39 is 0 Å². The molecule has 104 valence electrons. The normalized spacial score (nSPS) is 12.0. The van der Waals surface area contributed by atoms with Crippen molar-refractivity contribution in [1.82, 2.24) is 5.32 Å². The van der Waals surface area contributed by atoms with Crippen molar-refractivity contribution in [1.29, 1.82) is 0 Å². The number of nitrogens with one attached hydrogen (secondary N) is 1. The van der Waals surface area contributed by atoms with Crippen molar-refractivity contribution in [2.45, 2.75) is 19.9 Å². The highest BCUT2D eigenvalue weighted by molar-refractivity contribution is 9.10. The molecule has 1 N–H and O–H groups in total. The minimum absolute atomic E-state index is 0.0423. The van der Waals surface area contributed by atoms with Crippen LogP contribution in [-0.4, -0.2) is 5.91 Å². The smallest absolute Gasteiger partial charge is 0.251 e. The van der Waals surface area contributed by atoms with Crippen molar-refractivity contribution in [2.75, 3.05) is 0 Å². The Labute approximate surface area is 135 Å². The third-order valence-electron chi connectivity index (χ3n) is 3.00. The first-order chi connectivity index (χ1) is 9.45. The Morgan fingerprint density at radius 1 is 1.10 bits per heavy atom. The van der Waals surface area contributed by atoms with Crippen LogP contribution in [0.2, 0.25) is 0 Å². The van der Waals surface area contributed by atoms with E-state index in [2.05, 4.69) is 37.2 Å². The zero-order valence-corrected chi connectivity index (χ0v) is 14.5. The quantitative estimate of drug-likeness (QED) is 0.775. The zero-order valence-electron chi connectivity index (χ0n) is 11.3. The number of carbonyl (C=O) groups is 1. The van der Waals surface area contributed by atoms with Gasteiger partial charge in [-0.3, -0.25) is 4.79 Å². The molecule has 0 radical (unpaired) electrons. The van der Waals surface area contributed by atoms with E-state index in [9.17, 15) is 4.79 Å². The van der Waals surface area contributed by atoms with Crippen LogP contribution in [0.5, 0.6) is 0 Å². The third-order valence-corrected chi connectivity index (χ3v) is 3.95. The van der Waals surface area contributed by atoms with Crippen LogP contribution in [0.15, 0.2) is 51.4 Å². The van der Waals surface area contributed by atoms with Crippen LogP contribution < -0.4 is 5.32 Å². The Balaban J connectivity index is 2.15. The first-order valence-electron chi connectivity index (χ1n) is 6.29. The first-order valence-corrected chi connectivity index (χ1v) is 7.88. The van der Waals surface area contributed by atoms with E-state index in [1.807, 2.05) is 56.3 Å². The number of rotatable bonds is 3. The molecule has 2 nitrogen and oxygen atoms in total. The highest BCUT2D eigenvalue weighted by Gasteiger charge is 2.12. The van der Waals surface area contributed by atoms with E-state index in [1.54, 1.807) is 0 Å². The predicted octanol–water partition coefficient (Wildman–Crippen LogP) is 5.01. The van der Waals surface area contributed by atoms with E-state index in [0.29, 0.717) is 5.56 Å². The largest absolute Gasteiger partial charge is 0.346 e. The van der Waals surface area contributed by atoms with Crippen molar-refractivity contribution in [3.8, 4) is 0 Å². The van der Waals surface area contributed by atoms with E-state index >= 15 is 0 Å². The van der Waals surface area contributed by atoms with Crippen LogP contribution in [0.3, 0.4) is 0 Å². The fraction of sp³-hybridized carbons (Fsp3) is 0.188. The van der Waals surface area contributed by atoms with E-state index in [4.69, 9.17) is 0 Å². The van der Waals surface area contributed by atoms with Gasteiger partial charge in [0.25, 0.3) is 5.91 Å². The number of aryl methyl sites for hydroxylation is 1. The minimum atomic E-state index is -0.0677. The fourth-order valence-corrected chi connectivity index (χ4v) is 3.03. The second kappa shape index (κ2) is 6.55. The minimum Gasteiger partial charge on any atom is -0.346 e. The molecule has 2 aromatic rings. The number of carbonyl (C=O) groups excluding carboxylic acids is 1. The Morgan fingerprint density at radius 3 is 2.50 bits per heavy atom. The van der Waals surface area contributed by atoms with Crippen LogP contribution in [-0.2, 0) is 0 Å². The lowest BCUT2D eigenvalue weighted by molar-refractivity contribution is 0.0939. The van der Waals surface area contributed by atoms with Gasteiger partial charge in [0.05, 0.1) is 6.04 Å². The van der Waals surface area contributed by atoms with Crippen LogP contribution in [0.25, 0.3) is 0 Å². The molecule has 1 atom stereocenters. The summed E-state index contributed by atoms with van der Waals surface area (Å²) in [6.45, 7) is 3.95. The van der Waals surface area contributed by atoms with Crippen LogP contribution >= 0.6 is 31.9 Å². The summed E-state index contributed by atoms with van der Waals surface area (Å²) in [4.78, 5) is 12.3. The van der Waals surface area contributed by atoms with Gasteiger partial charge in [0.15, 0.2) is 0 Å². The Kier molecular flexibility index (Phi) is 5.00. The Morgan fingerprint density at radius 2 is 1.85 bits per heavy atom. The van der Waals surface area contributed by atoms with Gasteiger partial charge in [-0.15, -0.1) is 0 Å². The number of halogens is 2. The molecule has 20 heavy (non-hydrogen) atoms. The van der Waals surface area contributed by atoms with Crippen molar-refractivity contribution >= 4 is 37.8 Å². The Hall–Kier alpha value is -1.13. The summed E-state index contributed by atoms with van der Waals surface area (Å²) in [7, 11) is 0. The van der Waals surface area contributed by atoms with Crippen molar-refractivity contribution < 1.29 is 4.79 Å². The summed E-state index contributed by atoms with van der Waals surface area (Å²) in [6, 6.07) is 13.6. The summed E-state index contributed by atoms with van der Waals surface area (Å²) in [6.07, 6.45) is 0. The molecule has 0 aliphatic rings. The summed E-state index contributed by atoms with van der Waals surface area (Å²) in [5, 5.41) is 3.01. The summed E-state index contributed by atoms with van der Waals surface area (Å²) >= 11 is 6.86. The molecule has 0 spiro atoms. The summed E-state index contributed by atoms with van der Waals surface area (Å²) < 4.78 is 1.92. The van der Waals surface area contributed by atoms with Gasteiger partial charge in [0, 0.05) is 14.5 Å². The first kappa shape index (κ1) is 15.3. The van der Waals surface area contributed by atoms with Gasteiger partial charge in [-0.05, 0) is 55.3 Å². The van der Waals surface area contributed by atoms with Crippen LogP contribution in [0.4, 0.5) is 0 Å². The molecular weight excluding hydrogens is 382 g/mol. The second-order valence-corrected chi connectivity index (χ2v) is 6.60. The standard InChI is InChI=1S/C16H15Br2NO/c1-10-6-13(9-15(18)7-10)16(20)19-11(2)12-4-3-5-14(17)8-12/h3-9,11H,1-2H3,(H,19,20). The molecule has 1 amide bonds. The molecule has 0 fully saturated rings. The predicted molar refractivity (Wildman–Crippen MR) is 88.9 cm³/mol. The number of amides is 1. The average molecular weight is 397 g/mol. The zero-order chi connectivity index (χ0) is 14.7. The molecule has 0 heterocycles. The van der Waals surface area contributed by atoms with Crippen molar-refractivity contribution in [3.05, 3.63) is 68.1 Å². The lowest BCUT2D eigenvalue weighted by Gasteiger charge is -2.15. The maximum Gasteiger partial charge on any atom is 0.251 e. The van der Waals surface area contributed by atoms with Gasteiger partial charge in [-0.25, -0.2) is 0 Å². The molecule has 0 aromatic heterocycles. The highest BCUT2D eigenvalue weighted by atomic mass is 79.9. The molecule has 2 rings (SSSR count). The molecule has 0 saturated heterocycles. The SMILES string of the molecule is Cc1cc(Br)cc(C(=O)NC(C)c2cccc(Br)c2)c1. The van der Waals surface area contributed by atoms with E-state index in [1.165, 1.54) is 0 Å². The van der Waals surface area contributed by atoms with Crippen molar-refractivity contribution in [3.63, 3.8) is 0 Å². The maximum atomic E-state index is 12.3. The van der Waals surface area contributed by atoms with E-state index in [-0.39, 0.29) is 11.9 Å². The third kappa shape index (κ3) is 3.93. The topological polar surface area (TPSA) is 29.1 Å². The van der Waals surface area contributed by atoms with Gasteiger partial charge in [0.2, 0.25) is 0 Å². The van der Waals surface area contributed by atoms with Crippen LogP contribution in [0.1, 0.15) is 34.5 Å². The molecular formula is C16H15Br2NO. The van der Waals surface area contributed by atoms with Gasteiger partial charge in [-0.2, -0.15) is 0 Å². The average Bonchev–Trinajstić information content (AvgIpc) is 2.37. The number of benzene rings is 2. The monoisotopic (exact) mass is 395 g/mol. The van der Waals surface area contributed by atoms with Gasteiger partial charge in [-0.1, -0.05) is 44.0 Å². The summed E-state index contributed by atoms with van der Waals surface area (Å²) in [5.74, 6) is -0.0677. The lowest BCUT2D eigenvalue weighted by Crippen LogP contribution is -2.26. The van der Waals surface area contributed by atoms with Crippen LogP contribution in [0, 0.1) is 6.92 Å². The van der Waals surface area contributed by atoms with Gasteiger partial charge < -0.3 is 5.32 Å². The molecule has 2 aromatic carbocycles. The second-order valence-electron chi connectivity index (χ2n) is 4.77. The van der Waals surface area contributed by atoms with Gasteiger partial charge in [0.1, 0.15) is 0 Å². The highest BCUT2D eigenvalue weighted by Crippen LogP contribution is 2.19. The maximum absolute atomic E-state index is 12.3. The molecule has 0 aliphatic heterocycles. The molecule has 0 saturated carbocycles. The number of hydrogen-bond donors (Lipinski definition) is 1. The van der Waals surface area contributed by atoms with E-state index in [0.717, 1.165) is 20.1 Å². The van der Waals surface area contributed by atoms with Gasteiger partial charge >= 0.3 is 0 Å². The summed E-state index contributed by atoms with van der Waals surface area (Å²) in [5.41, 5.74) is 2.79. The lowest BCUT2D eigenvalue weighted by atomic mass is 10.1. The Bertz CT molecular complexity index is 620. The van der Waals surface area contributed by atoms with Crippen molar-refractivity contribution in [2.24, 2.45) is 0 Å². The molecule has 1 unspecified atom stereocenters. The molecule has 0 aliphatic carbocycles. The molecule has 0 bridgehead atoms. The number of hydrogen-bond acceptors (Lipinski definition) is 1. The fourth-order valence-electron chi connectivity index (χ4n) is 2.01. The molecule has 4 heteroatoms.